The molecule has 0 bridgehead atoms. The minimum atomic E-state index is -1.40. The summed E-state index contributed by atoms with van der Waals surface area (Å²) in [6, 6.07) is 9.15. The second kappa shape index (κ2) is 9.89. The first-order chi connectivity index (χ1) is 16.3. The van der Waals surface area contributed by atoms with E-state index in [1.807, 2.05) is 4.90 Å². The van der Waals surface area contributed by atoms with E-state index < -0.39 is 35.2 Å². The fourth-order valence-electron chi connectivity index (χ4n) is 3.98. The number of anilines is 2. The van der Waals surface area contributed by atoms with Gasteiger partial charge in [0.05, 0.1) is 25.9 Å². The third-order valence-corrected chi connectivity index (χ3v) is 5.69. The maximum Gasteiger partial charge on any atom is 0.414 e. The van der Waals surface area contributed by atoms with Gasteiger partial charge in [0.2, 0.25) is 11.7 Å². The molecule has 3 atom stereocenters. The number of benzene rings is 1. The van der Waals surface area contributed by atoms with Crippen molar-refractivity contribution in [3.05, 3.63) is 58.5 Å². The van der Waals surface area contributed by atoms with Gasteiger partial charge in [-0.3, -0.25) is 9.69 Å². The first-order valence-corrected chi connectivity index (χ1v) is 10.8. The van der Waals surface area contributed by atoms with Gasteiger partial charge in [-0.1, -0.05) is 4.99 Å². The van der Waals surface area contributed by atoms with Gasteiger partial charge in [-0.25, -0.2) is 9.18 Å². The van der Waals surface area contributed by atoms with Gasteiger partial charge in [-0.15, -0.1) is 0 Å². The molecular formula is C22H24FN5O6. The Balaban J connectivity index is 1.38. The lowest BCUT2D eigenvalue weighted by Crippen LogP contribution is -2.44. The van der Waals surface area contributed by atoms with Crippen LogP contribution in [0.15, 0.2) is 52.1 Å². The van der Waals surface area contributed by atoms with Crippen LogP contribution >= 0.6 is 0 Å². The number of nitro groups is 1. The average molecular weight is 473 g/mol. The minimum absolute atomic E-state index is 0.00466. The Morgan fingerprint density at radius 3 is 2.62 bits per heavy atom. The number of aliphatic imine (C=N–C) groups is 1. The summed E-state index contributed by atoms with van der Waals surface area (Å²) in [5.74, 6) is -0.685. The molecule has 180 valence electrons. The molecule has 1 N–H and O–H groups in total. The van der Waals surface area contributed by atoms with Crippen LogP contribution < -0.4 is 15.1 Å². The fraction of sp³-hybridized carbons (Fsp3) is 0.409. The monoisotopic (exact) mass is 473 g/mol. The standard InChI is InChI=1S/C22H24FN5O6/c1-14(29)24-11-17-12-27(22(30)34-17)16-6-4-15(5-7-16)26-9-8-19(18(23)13-26)25-21(28(31)32)20-3-2-10-33-20/h2-7,10,17-19H,8-9,11-13H2,1H3,(H,24,29)/t17-,18-,19-/m0/s1. The van der Waals surface area contributed by atoms with Crippen molar-refractivity contribution in [3.8, 4) is 0 Å². The smallest absolute Gasteiger partial charge is 0.414 e. The number of nitrogens with one attached hydrogen (secondary N) is 1. The molecule has 2 aliphatic rings. The molecule has 2 saturated heterocycles. The topological polar surface area (TPSA) is 131 Å². The fourth-order valence-corrected chi connectivity index (χ4v) is 3.98. The number of halogens is 1. The zero-order valence-electron chi connectivity index (χ0n) is 18.4. The van der Waals surface area contributed by atoms with Crippen LogP contribution in [-0.2, 0) is 9.53 Å². The van der Waals surface area contributed by atoms with Crippen LogP contribution in [0.3, 0.4) is 0 Å². The molecule has 0 radical (unpaired) electrons. The van der Waals surface area contributed by atoms with Gasteiger partial charge < -0.3 is 29.5 Å². The summed E-state index contributed by atoms with van der Waals surface area (Å²) in [5, 5.41) is 14.0. The third-order valence-electron chi connectivity index (χ3n) is 5.69. The largest absolute Gasteiger partial charge is 0.456 e. The van der Waals surface area contributed by atoms with Crippen LogP contribution in [0.5, 0.6) is 0 Å². The molecule has 0 saturated carbocycles. The number of amides is 2. The summed E-state index contributed by atoms with van der Waals surface area (Å²) in [5.41, 5.74) is 1.39. The highest BCUT2D eigenvalue weighted by Crippen LogP contribution is 2.28. The van der Waals surface area contributed by atoms with Crippen LogP contribution in [0.25, 0.3) is 0 Å². The molecule has 11 nitrogen and oxygen atoms in total. The summed E-state index contributed by atoms with van der Waals surface area (Å²) in [6.07, 6.45) is -0.735. The highest BCUT2D eigenvalue weighted by Gasteiger charge is 2.36. The molecule has 1 aromatic carbocycles. The van der Waals surface area contributed by atoms with Crippen molar-refractivity contribution in [2.45, 2.75) is 31.7 Å². The van der Waals surface area contributed by atoms with Crippen LogP contribution in [-0.4, -0.2) is 67.3 Å². The first kappa shape index (κ1) is 23.2. The number of ether oxygens (including phenoxy) is 1. The number of carbonyl (C=O) groups excluding carboxylic acids is 2. The lowest BCUT2D eigenvalue weighted by atomic mass is 10.0. The van der Waals surface area contributed by atoms with E-state index in [0.29, 0.717) is 25.2 Å². The van der Waals surface area contributed by atoms with Crippen LogP contribution in [0.4, 0.5) is 20.6 Å². The van der Waals surface area contributed by atoms with Gasteiger partial charge in [0, 0.05) is 31.3 Å². The number of alkyl halides is 1. The van der Waals surface area contributed by atoms with Crippen LogP contribution in [0, 0.1) is 10.1 Å². The Hall–Kier alpha value is -3.96. The molecule has 2 fully saturated rings. The van der Waals surface area contributed by atoms with Gasteiger partial charge in [0.15, 0.2) is 12.2 Å². The van der Waals surface area contributed by atoms with Crippen molar-refractivity contribution >= 4 is 29.2 Å². The Morgan fingerprint density at radius 1 is 1.26 bits per heavy atom. The quantitative estimate of drug-likeness (QED) is 0.295. The van der Waals surface area contributed by atoms with Gasteiger partial charge in [-0.2, -0.15) is 0 Å². The molecular weight excluding hydrogens is 449 g/mol. The summed E-state index contributed by atoms with van der Waals surface area (Å²) in [7, 11) is 0. The number of cyclic esters (lactones) is 1. The summed E-state index contributed by atoms with van der Waals surface area (Å²) in [4.78, 5) is 41.3. The van der Waals surface area contributed by atoms with Crippen molar-refractivity contribution in [1.82, 2.24) is 5.32 Å². The SMILES string of the molecule is CC(=O)NC[C@H]1CN(c2ccc(N3CC[C@H](N=C(c4ccco4)[N+](=O)[O-])[C@@H](F)C3)cc2)C(=O)O1. The van der Waals surface area contributed by atoms with Gasteiger partial charge in [0.1, 0.15) is 6.10 Å². The number of amidine groups is 1. The molecule has 0 spiro atoms. The average Bonchev–Trinajstić information content (AvgIpc) is 3.46. The number of hydrogen-bond donors (Lipinski definition) is 1. The molecule has 34 heavy (non-hydrogen) atoms. The normalized spacial score (nSPS) is 23.1. The van der Waals surface area contributed by atoms with Crippen molar-refractivity contribution in [3.63, 3.8) is 0 Å². The van der Waals surface area contributed by atoms with Crippen molar-refractivity contribution in [2.75, 3.05) is 36.0 Å². The van der Waals surface area contributed by atoms with E-state index in [1.165, 1.54) is 30.2 Å². The molecule has 0 unspecified atom stereocenters. The molecule has 2 aromatic rings. The third kappa shape index (κ3) is 5.16. The summed E-state index contributed by atoms with van der Waals surface area (Å²) < 4.78 is 25.2. The predicted molar refractivity (Wildman–Crippen MR) is 120 cm³/mol. The maximum atomic E-state index is 14.9. The molecule has 2 amide bonds. The van der Waals surface area contributed by atoms with E-state index >= 15 is 0 Å². The summed E-state index contributed by atoms with van der Waals surface area (Å²) in [6.45, 7) is 2.43. The molecule has 0 aliphatic carbocycles. The lowest BCUT2D eigenvalue weighted by molar-refractivity contribution is -0.350. The Kier molecular flexibility index (Phi) is 6.75. The van der Waals surface area contributed by atoms with E-state index in [1.54, 1.807) is 24.3 Å². The van der Waals surface area contributed by atoms with Gasteiger partial charge in [-0.05, 0) is 41.3 Å². The zero-order valence-corrected chi connectivity index (χ0v) is 18.4. The van der Waals surface area contributed by atoms with Crippen LogP contribution in [0.2, 0.25) is 0 Å². The summed E-state index contributed by atoms with van der Waals surface area (Å²) >= 11 is 0. The molecule has 4 rings (SSSR count). The number of carbonyl (C=O) groups is 2. The van der Waals surface area contributed by atoms with E-state index in [0.717, 1.165) is 5.69 Å². The zero-order chi connectivity index (χ0) is 24.2. The van der Waals surface area contributed by atoms with Crippen molar-refractivity contribution in [2.24, 2.45) is 4.99 Å². The second-order valence-electron chi connectivity index (χ2n) is 8.08. The minimum Gasteiger partial charge on any atom is -0.456 e. The van der Waals surface area contributed by atoms with Gasteiger partial charge in [0.25, 0.3) is 0 Å². The number of nitrogens with zero attached hydrogens (tertiary/aromatic N) is 4. The number of piperidine rings is 1. The highest BCUT2D eigenvalue weighted by molar-refractivity contribution is 5.90. The van der Waals surface area contributed by atoms with E-state index in [4.69, 9.17) is 9.15 Å². The molecule has 2 aliphatic heterocycles. The van der Waals surface area contributed by atoms with Gasteiger partial charge >= 0.3 is 11.9 Å². The van der Waals surface area contributed by atoms with E-state index in [2.05, 4.69) is 10.3 Å². The first-order valence-electron chi connectivity index (χ1n) is 10.8. The van der Waals surface area contributed by atoms with E-state index in [9.17, 15) is 24.1 Å². The highest BCUT2D eigenvalue weighted by atomic mass is 19.1. The molecule has 3 heterocycles. The molecule has 12 heteroatoms. The molecule has 1 aromatic heterocycles. The number of rotatable bonds is 6. The Labute approximate surface area is 194 Å². The predicted octanol–water partition coefficient (Wildman–Crippen LogP) is 2.38. The maximum absolute atomic E-state index is 14.9. The Bertz CT molecular complexity index is 1070. The van der Waals surface area contributed by atoms with Crippen LogP contribution in [0.1, 0.15) is 19.1 Å². The number of furan rings is 1. The second-order valence-corrected chi connectivity index (χ2v) is 8.08. The lowest BCUT2D eigenvalue weighted by Gasteiger charge is -2.32. The van der Waals surface area contributed by atoms with Crippen molar-refractivity contribution < 1.29 is 28.1 Å². The van der Waals surface area contributed by atoms with E-state index in [-0.39, 0.29) is 24.8 Å². The Morgan fingerprint density at radius 2 is 2.00 bits per heavy atom. The number of hydrogen-bond acceptors (Lipinski definition) is 8. The van der Waals surface area contributed by atoms with Crippen molar-refractivity contribution in [1.29, 1.82) is 0 Å².